The van der Waals surface area contributed by atoms with Crippen LogP contribution in [-0.4, -0.2) is 62.4 Å². The molecule has 0 spiro atoms. The maximum atomic E-state index is 13.9. The van der Waals surface area contributed by atoms with E-state index in [2.05, 4.69) is 6.92 Å². The lowest BCUT2D eigenvalue weighted by molar-refractivity contribution is 0.0636. The molecule has 0 N–H and O–H groups in total. The summed E-state index contributed by atoms with van der Waals surface area (Å²) in [5, 5.41) is 0. The second kappa shape index (κ2) is 11.4. The van der Waals surface area contributed by atoms with Crippen molar-refractivity contribution in [3.63, 3.8) is 0 Å². The SMILES string of the molecule is CCCN1CCCCN(S(=O)(=O)c2cccc(OC)c2)[C@@H]2CCCC[C@@H]2Oc2ccccc2C1=O. The van der Waals surface area contributed by atoms with Crippen molar-refractivity contribution in [2.75, 3.05) is 26.7 Å². The topological polar surface area (TPSA) is 76.2 Å². The van der Waals surface area contributed by atoms with Crippen molar-refractivity contribution in [2.45, 2.75) is 68.9 Å². The van der Waals surface area contributed by atoms with Gasteiger partial charge in [0, 0.05) is 25.7 Å². The number of ether oxygens (including phenoxy) is 2. The van der Waals surface area contributed by atoms with Gasteiger partial charge in [-0.2, -0.15) is 4.31 Å². The average molecular weight is 501 g/mol. The number of rotatable bonds is 5. The van der Waals surface area contributed by atoms with Crippen LogP contribution in [0.3, 0.4) is 0 Å². The maximum absolute atomic E-state index is 13.9. The quantitative estimate of drug-likeness (QED) is 0.594. The van der Waals surface area contributed by atoms with E-state index in [1.807, 2.05) is 29.2 Å². The number of amides is 1. The molecule has 1 aliphatic carbocycles. The van der Waals surface area contributed by atoms with Crippen molar-refractivity contribution in [1.82, 2.24) is 9.21 Å². The van der Waals surface area contributed by atoms with E-state index >= 15 is 0 Å². The number of nitrogens with zero attached hydrogens (tertiary/aromatic N) is 2. The van der Waals surface area contributed by atoms with Crippen LogP contribution < -0.4 is 9.47 Å². The van der Waals surface area contributed by atoms with Crippen LogP contribution in [0.2, 0.25) is 0 Å². The summed E-state index contributed by atoms with van der Waals surface area (Å²) in [5.41, 5.74) is 0.549. The minimum absolute atomic E-state index is 0.0174. The first-order valence-electron chi connectivity index (χ1n) is 12.7. The lowest BCUT2D eigenvalue weighted by Gasteiger charge is -2.40. The number of methoxy groups -OCH3 is 1. The molecule has 4 rings (SSSR count). The standard InChI is InChI=1S/C27H36N2O5S/c1-3-17-28-18-8-9-19-29(35(31,32)22-12-10-11-21(20-22)33-2)24-14-5-7-16-26(24)34-25-15-6-4-13-23(25)27(28)30/h4,6,10-13,15,20,24,26H,3,5,7-9,14,16-19H2,1-2H3/t24-,26+/m1/s1. The third-order valence-corrected chi connectivity index (χ3v) is 8.84. The predicted molar refractivity (Wildman–Crippen MR) is 135 cm³/mol. The van der Waals surface area contributed by atoms with Crippen LogP contribution in [-0.2, 0) is 10.0 Å². The fourth-order valence-electron chi connectivity index (χ4n) is 5.14. The van der Waals surface area contributed by atoms with E-state index < -0.39 is 10.0 Å². The Kier molecular flexibility index (Phi) is 8.34. The van der Waals surface area contributed by atoms with Crippen molar-refractivity contribution in [3.05, 3.63) is 54.1 Å². The number of carbonyl (C=O) groups excluding carboxylic acids is 1. The number of carbonyl (C=O) groups is 1. The van der Waals surface area contributed by atoms with E-state index in [4.69, 9.17) is 9.47 Å². The molecule has 190 valence electrons. The molecule has 0 aromatic heterocycles. The molecule has 2 aromatic rings. The van der Waals surface area contributed by atoms with Gasteiger partial charge in [0.2, 0.25) is 10.0 Å². The molecule has 0 bridgehead atoms. The Bertz CT molecular complexity index is 1120. The van der Waals surface area contributed by atoms with Gasteiger partial charge in [0.15, 0.2) is 0 Å². The molecule has 7 nitrogen and oxygen atoms in total. The number of fused-ring (bicyclic) bond motifs is 2. The molecule has 1 saturated carbocycles. The molecular weight excluding hydrogens is 464 g/mol. The van der Waals surface area contributed by atoms with Gasteiger partial charge >= 0.3 is 0 Å². The number of benzene rings is 2. The molecule has 1 aliphatic heterocycles. The predicted octanol–water partition coefficient (Wildman–Crippen LogP) is 4.72. The van der Waals surface area contributed by atoms with E-state index in [1.165, 1.54) is 7.11 Å². The van der Waals surface area contributed by atoms with Gasteiger partial charge in [0.25, 0.3) is 5.91 Å². The van der Waals surface area contributed by atoms with Gasteiger partial charge in [-0.1, -0.05) is 31.5 Å². The fraction of sp³-hybridized carbons (Fsp3) is 0.519. The van der Waals surface area contributed by atoms with Gasteiger partial charge in [-0.15, -0.1) is 0 Å². The molecule has 35 heavy (non-hydrogen) atoms. The number of sulfonamides is 1. The molecule has 1 fully saturated rings. The van der Waals surface area contributed by atoms with E-state index in [-0.39, 0.29) is 22.9 Å². The molecule has 2 atom stereocenters. The van der Waals surface area contributed by atoms with Crippen LogP contribution >= 0.6 is 0 Å². The first-order valence-corrected chi connectivity index (χ1v) is 14.1. The molecule has 2 aliphatic rings. The van der Waals surface area contributed by atoms with Crippen LogP contribution in [0.5, 0.6) is 11.5 Å². The lowest BCUT2D eigenvalue weighted by atomic mass is 9.92. The summed E-state index contributed by atoms with van der Waals surface area (Å²) in [6, 6.07) is 13.7. The van der Waals surface area contributed by atoms with Crippen LogP contribution in [0.25, 0.3) is 0 Å². The smallest absolute Gasteiger partial charge is 0.257 e. The van der Waals surface area contributed by atoms with Gasteiger partial charge in [0.1, 0.15) is 17.6 Å². The summed E-state index contributed by atoms with van der Waals surface area (Å²) < 4.78 is 41.3. The summed E-state index contributed by atoms with van der Waals surface area (Å²) in [5.74, 6) is 1.03. The van der Waals surface area contributed by atoms with E-state index in [1.54, 1.807) is 28.6 Å². The first-order chi connectivity index (χ1) is 17.0. The third kappa shape index (κ3) is 5.64. The third-order valence-electron chi connectivity index (χ3n) is 6.92. The number of para-hydroxylation sites is 1. The maximum Gasteiger partial charge on any atom is 0.257 e. The highest BCUT2D eigenvalue weighted by molar-refractivity contribution is 7.89. The Labute approximate surface area is 209 Å². The second-order valence-corrected chi connectivity index (χ2v) is 11.2. The Morgan fingerprint density at radius 2 is 1.77 bits per heavy atom. The zero-order chi connectivity index (χ0) is 24.8. The van der Waals surface area contributed by atoms with Crippen molar-refractivity contribution in [1.29, 1.82) is 0 Å². The first kappa shape index (κ1) is 25.5. The largest absolute Gasteiger partial charge is 0.497 e. The summed E-state index contributed by atoms with van der Waals surface area (Å²) in [4.78, 5) is 15.5. The lowest BCUT2D eigenvalue weighted by Crippen LogP contribution is -2.51. The van der Waals surface area contributed by atoms with Crippen LogP contribution in [0, 0.1) is 0 Å². The highest BCUT2D eigenvalue weighted by Gasteiger charge is 2.39. The summed E-state index contributed by atoms with van der Waals surface area (Å²) >= 11 is 0. The average Bonchev–Trinajstić information content (AvgIpc) is 2.88. The second-order valence-electron chi connectivity index (χ2n) is 9.30. The van der Waals surface area contributed by atoms with Gasteiger partial charge in [-0.3, -0.25) is 4.79 Å². The highest BCUT2D eigenvalue weighted by atomic mass is 32.2. The zero-order valence-corrected chi connectivity index (χ0v) is 21.5. The minimum Gasteiger partial charge on any atom is -0.497 e. The van der Waals surface area contributed by atoms with E-state index in [0.29, 0.717) is 43.1 Å². The molecule has 0 radical (unpaired) electrons. The number of hydrogen-bond acceptors (Lipinski definition) is 5. The van der Waals surface area contributed by atoms with E-state index in [9.17, 15) is 13.2 Å². The molecule has 1 amide bonds. The van der Waals surface area contributed by atoms with Crippen molar-refractivity contribution < 1.29 is 22.7 Å². The Morgan fingerprint density at radius 3 is 2.57 bits per heavy atom. The molecule has 0 saturated heterocycles. The van der Waals surface area contributed by atoms with Gasteiger partial charge < -0.3 is 14.4 Å². The molecule has 0 unspecified atom stereocenters. The fourth-order valence-corrected chi connectivity index (χ4v) is 6.89. The highest BCUT2D eigenvalue weighted by Crippen LogP contribution is 2.34. The van der Waals surface area contributed by atoms with Gasteiger partial charge in [0.05, 0.1) is 23.6 Å². The van der Waals surface area contributed by atoms with Crippen molar-refractivity contribution in [3.8, 4) is 11.5 Å². The van der Waals surface area contributed by atoms with Gasteiger partial charge in [-0.05, 0) is 62.8 Å². The Morgan fingerprint density at radius 1 is 1.00 bits per heavy atom. The van der Waals surface area contributed by atoms with Crippen LogP contribution in [0.1, 0.15) is 62.2 Å². The monoisotopic (exact) mass is 500 g/mol. The summed E-state index contributed by atoms with van der Waals surface area (Å²) in [6.07, 6.45) is 5.32. The normalized spacial score (nSPS) is 22.2. The van der Waals surface area contributed by atoms with Crippen LogP contribution in [0.15, 0.2) is 53.4 Å². The molecule has 1 heterocycles. The van der Waals surface area contributed by atoms with E-state index in [0.717, 1.165) is 38.5 Å². The van der Waals surface area contributed by atoms with Crippen molar-refractivity contribution >= 4 is 15.9 Å². The Balaban J connectivity index is 1.74. The van der Waals surface area contributed by atoms with Crippen molar-refractivity contribution in [2.24, 2.45) is 0 Å². The van der Waals surface area contributed by atoms with Gasteiger partial charge in [-0.25, -0.2) is 8.42 Å². The molecule has 8 heteroatoms. The Hall–Kier alpha value is -2.58. The minimum atomic E-state index is -3.77. The van der Waals surface area contributed by atoms with Crippen LogP contribution in [0.4, 0.5) is 0 Å². The summed E-state index contributed by atoms with van der Waals surface area (Å²) in [6.45, 7) is 3.69. The summed E-state index contributed by atoms with van der Waals surface area (Å²) in [7, 11) is -2.24. The number of hydrogen-bond donors (Lipinski definition) is 0. The zero-order valence-electron chi connectivity index (χ0n) is 20.7. The molecule has 2 aromatic carbocycles. The molecular formula is C27H36N2O5S.